The summed E-state index contributed by atoms with van der Waals surface area (Å²) in [5.41, 5.74) is 0.599. The highest BCUT2D eigenvalue weighted by Gasteiger charge is 2.21. The Hall–Kier alpha value is -2.34. The Kier molecular flexibility index (Phi) is 5.15. The van der Waals surface area contributed by atoms with Crippen molar-refractivity contribution in [2.45, 2.75) is 25.9 Å². The van der Waals surface area contributed by atoms with E-state index in [4.69, 9.17) is 4.42 Å². The van der Waals surface area contributed by atoms with Gasteiger partial charge in [0, 0.05) is 25.8 Å². The van der Waals surface area contributed by atoms with Crippen LogP contribution >= 0.6 is 0 Å². The number of aliphatic hydroxyl groups excluding tert-OH is 1. The van der Waals surface area contributed by atoms with Crippen LogP contribution in [0.2, 0.25) is 0 Å². The molecule has 2 aromatic heterocycles. The Labute approximate surface area is 141 Å². The molecule has 1 aliphatic rings. The maximum atomic E-state index is 12.5. The monoisotopic (exact) mass is 329 g/mol. The number of aromatic nitrogens is 1. The van der Waals surface area contributed by atoms with Crippen molar-refractivity contribution in [2.24, 2.45) is 5.92 Å². The number of carbonyl (C=O) groups excluding carboxylic acids is 1. The van der Waals surface area contributed by atoms with Crippen LogP contribution in [-0.4, -0.2) is 40.5 Å². The second kappa shape index (κ2) is 7.49. The lowest BCUT2D eigenvalue weighted by Crippen LogP contribution is -2.37. The maximum Gasteiger partial charge on any atom is 0.255 e. The molecular weight excluding hydrogens is 306 g/mol. The molecule has 1 atom stereocenters. The molecule has 0 spiro atoms. The number of hydrogen-bond donors (Lipinski definition) is 2. The second-order valence-electron chi connectivity index (χ2n) is 6.32. The fourth-order valence-electron chi connectivity index (χ4n) is 2.80. The number of furan rings is 1. The van der Waals surface area contributed by atoms with Crippen molar-refractivity contribution in [2.75, 3.05) is 25.0 Å². The van der Waals surface area contributed by atoms with E-state index in [2.05, 4.69) is 17.2 Å². The van der Waals surface area contributed by atoms with E-state index in [9.17, 15) is 9.90 Å². The summed E-state index contributed by atoms with van der Waals surface area (Å²) in [7, 11) is 0. The van der Waals surface area contributed by atoms with Crippen LogP contribution in [0.15, 0.2) is 41.1 Å². The molecule has 1 fully saturated rings. The van der Waals surface area contributed by atoms with Crippen molar-refractivity contribution in [1.82, 2.24) is 9.88 Å². The Morgan fingerprint density at radius 1 is 1.42 bits per heavy atom. The normalized spacial score (nSPS) is 16.8. The molecule has 2 N–H and O–H groups in total. The third kappa shape index (κ3) is 3.94. The number of amides is 1. The highest BCUT2D eigenvalue weighted by molar-refractivity contribution is 5.94. The zero-order valence-corrected chi connectivity index (χ0v) is 13.8. The predicted octanol–water partition coefficient (Wildman–Crippen LogP) is 2.69. The molecule has 1 amide bonds. The van der Waals surface area contributed by atoms with Crippen LogP contribution in [0.1, 0.15) is 42.0 Å². The Balaban J connectivity index is 1.54. The lowest BCUT2D eigenvalue weighted by molar-refractivity contribution is 0.0697. The minimum atomic E-state index is -0.738. The topological polar surface area (TPSA) is 78.6 Å². The largest absolute Gasteiger partial charge is 0.467 e. The number of pyridine rings is 1. The van der Waals surface area contributed by atoms with E-state index in [1.54, 1.807) is 30.5 Å². The predicted molar refractivity (Wildman–Crippen MR) is 90.7 cm³/mol. The lowest BCUT2D eigenvalue weighted by atomic mass is 9.99. The maximum absolute atomic E-state index is 12.5. The van der Waals surface area contributed by atoms with E-state index in [0.717, 1.165) is 25.9 Å². The fraction of sp³-hybridized carbons (Fsp3) is 0.444. The Morgan fingerprint density at radius 3 is 2.83 bits per heavy atom. The highest BCUT2D eigenvalue weighted by Crippen LogP contribution is 2.19. The van der Waals surface area contributed by atoms with E-state index < -0.39 is 6.10 Å². The van der Waals surface area contributed by atoms with Crippen molar-refractivity contribution in [3.63, 3.8) is 0 Å². The lowest BCUT2D eigenvalue weighted by Gasteiger charge is -2.30. The number of anilines is 1. The molecule has 6 heteroatoms. The number of hydrogen-bond acceptors (Lipinski definition) is 5. The van der Waals surface area contributed by atoms with Gasteiger partial charge in [-0.3, -0.25) is 4.79 Å². The first-order chi connectivity index (χ1) is 11.6. The van der Waals surface area contributed by atoms with Crippen LogP contribution < -0.4 is 5.32 Å². The van der Waals surface area contributed by atoms with Crippen molar-refractivity contribution in [1.29, 1.82) is 0 Å². The third-order valence-electron chi connectivity index (χ3n) is 4.43. The molecule has 6 nitrogen and oxygen atoms in total. The van der Waals surface area contributed by atoms with Crippen LogP contribution in [0.3, 0.4) is 0 Å². The van der Waals surface area contributed by atoms with E-state index in [1.165, 1.54) is 6.26 Å². The number of aliphatic hydroxyl groups is 1. The smallest absolute Gasteiger partial charge is 0.255 e. The van der Waals surface area contributed by atoms with Gasteiger partial charge in [-0.15, -0.1) is 0 Å². The molecule has 0 radical (unpaired) electrons. The summed E-state index contributed by atoms with van der Waals surface area (Å²) in [5, 5.41) is 13.0. The van der Waals surface area contributed by atoms with Gasteiger partial charge in [-0.05, 0) is 43.0 Å². The molecule has 2 aromatic rings. The molecule has 1 aliphatic heterocycles. The molecule has 0 aliphatic carbocycles. The van der Waals surface area contributed by atoms with E-state index >= 15 is 0 Å². The number of nitrogens with one attached hydrogen (secondary N) is 1. The molecule has 0 saturated carbocycles. The molecule has 3 rings (SSSR count). The zero-order valence-electron chi connectivity index (χ0n) is 13.8. The van der Waals surface area contributed by atoms with Gasteiger partial charge in [0.05, 0.1) is 11.8 Å². The van der Waals surface area contributed by atoms with Crippen molar-refractivity contribution in [3.8, 4) is 0 Å². The molecule has 0 unspecified atom stereocenters. The van der Waals surface area contributed by atoms with Gasteiger partial charge < -0.3 is 19.7 Å². The van der Waals surface area contributed by atoms with Gasteiger partial charge in [0.1, 0.15) is 17.7 Å². The quantitative estimate of drug-likeness (QED) is 0.882. The highest BCUT2D eigenvalue weighted by atomic mass is 16.4. The van der Waals surface area contributed by atoms with E-state index in [1.807, 2.05) is 4.90 Å². The summed E-state index contributed by atoms with van der Waals surface area (Å²) in [6.45, 7) is 4.14. The minimum Gasteiger partial charge on any atom is -0.467 e. The first kappa shape index (κ1) is 16.5. The van der Waals surface area contributed by atoms with Gasteiger partial charge in [0.15, 0.2) is 0 Å². The van der Waals surface area contributed by atoms with Crippen molar-refractivity contribution < 1.29 is 14.3 Å². The first-order valence-corrected chi connectivity index (χ1v) is 8.34. The number of carbonyl (C=O) groups is 1. The zero-order chi connectivity index (χ0) is 16.9. The van der Waals surface area contributed by atoms with Gasteiger partial charge in [-0.2, -0.15) is 0 Å². The van der Waals surface area contributed by atoms with Crippen LogP contribution in [0.4, 0.5) is 5.82 Å². The van der Waals surface area contributed by atoms with Gasteiger partial charge >= 0.3 is 0 Å². The SMILES string of the molecule is CC1CCN(C(=O)c2ccc(NC[C@@H](O)c3ccco3)nc2)CC1. The summed E-state index contributed by atoms with van der Waals surface area (Å²) in [6.07, 6.45) is 4.49. The Morgan fingerprint density at radius 2 is 2.21 bits per heavy atom. The molecule has 0 aromatic carbocycles. The van der Waals surface area contributed by atoms with Crippen molar-refractivity contribution in [3.05, 3.63) is 48.0 Å². The minimum absolute atomic E-state index is 0.0385. The number of nitrogens with zero attached hydrogens (tertiary/aromatic N) is 2. The summed E-state index contributed by atoms with van der Waals surface area (Å²) in [4.78, 5) is 18.6. The molecular formula is C18H23N3O3. The summed E-state index contributed by atoms with van der Waals surface area (Å²) in [5.74, 6) is 1.86. The molecule has 1 saturated heterocycles. The van der Waals surface area contributed by atoms with Gasteiger partial charge in [0.2, 0.25) is 0 Å². The fourth-order valence-corrected chi connectivity index (χ4v) is 2.80. The average molecular weight is 329 g/mol. The van der Waals surface area contributed by atoms with Gasteiger partial charge in [-0.1, -0.05) is 6.92 Å². The first-order valence-electron chi connectivity index (χ1n) is 8.34. The average Bonchev–Trinajstić information content (AvgIpc) is 3.15. The molecule has 0 bridgehead atoms. The van der Waals surface area contributed by atoms with Crippen LogP contribution in [0.25, 0.3) is 0 Å². The van der Waals surface area contributed by atoms with E-state index in [0.29, 0.717) is 23.1 Å². The summed E-state index contributed by atoms with van der Waals surface area (Å²) in [6, 6.07) is 6.99. The second-order valence-corrected chi connectivity index (χ2v) is 6.32. The van der Waals surface area contributed by atoms with Crippen LogP contribution in [0, 0.1) is 5.92 Å². The standard InChI is InChI=1S/C18H23N3O3/c1-13-6-8-21(9-7-13)18(23)14-4-5-17(19-11-14)20-12-15(22)16-3-2-10-24-16/h2-5,10-11,13,15,22H,6-9,12H2,1H3,(H,19,20)/t15-/m1/s1. The van der Waals surface area contributed by atoms with Gasteiger partial charge in [0.25, 0.3) is 5.91 Å². The van der Waals surface area contributed by atoms with Crippen LogP contribution in [-0.2, 0) is 0 Å². The molecule has 24 heavy (non-hydrogen) atoms. The van der Waals surface area contributed by atoms with Crippen molar-refractivity contribution >= 4 is 11.7 Å². The molecule has 128 valence electrons. The number of rotatable bonds is 5. The number of piperidine rings is 1. The number of likely N-dealkylation sites (tertiary alicyclic amines) is 1. The van der Waals surface area contributed by atoms with Crippen LogP contribution in [0.5, 0.6) is 0 Å². The third-order valence-corrected chi connectivity index (χ3v) is 4.43. The van der Waals surface area contributed by atoms with Gasteiger partial charge in [-0.25, -0.2) is 4.98 Å². The summed E-state index contributed by atoms with van der Waals surface area (Å²) >= 11 is 0. The molecule has 3 heterocycles. The van der Waals surface area contributed by atoms with E-state index in [-0.39, 0.29) is 12.5 Å². The summed E-state index contributed by atoms with van der Waals surface area (Å²) < 4.78 is 5.15. The Bertz CT molecular complexity index is 647.